The van der Waals surface area contributed by atoms with Crippen LogP contribution in [0.15, 0.2) is 73.2 Å². The minimum atomic E-state index is -1.69. The zero-order chi connectivity index (χ0) is 28.7. The van der Waals surface area contributed by atoms with Crippen molar-refractivity contribution in [2.24, 2.45) is 0 Å². The van der Waals surface area contributed by atoms with Crippen LogP contribution in [0.5, 0.6) is 0 Å². The molecule has 11 heteroatoms. The highest BCUT2D eigenvalue weighted by atomic mass is 35.5. The number of benzene rings is 2. The molecule has 3 atom stereocenters. The number of halogens is 2. The maximum Gasteiger partial charge on any atom is 0.268 e. The van der Waals surface area contributed by atoms with Gasteiger partial charge in [0.05, 0.1) is 35.2 Å². The molecule has 2 fully saturated rings. The van der Waals surface area contributed by atoms with Crippen LogP contribution in [0.3, 0.4) is 0 Å². The lowest BCUT2D eigenvalue weighted by Gasteiger charge is -2.40. The Balaban J connectivity index is 1.38. The lowest BCUT2D eigenvalue weighted by atomic mass is 9.99. The normalized spacial score (nSPS) is 22.8. The van der Waals surface area contributed by atoms with Crippen molar-refractivity contribution in [3.63, 3.8) is 0 Å². The fourth-order valence-electron chi connectivity index (χ4n) is 6.07. The Morgan fingerprint density at radius 2 is 1.93 bits per heavy atom. The molecule has 4 aromatic rings. The van der Waals surface area contributed by atoms with Gasteiger partial charge < -0.3 is 19.7 Å². The monoisotopic (exact) mass is 574 g/mol. The number of nitrogens with one attached hydrogen (secondary N) is 1. The smallest absolute Gasteiger partial charge is 0.268 e. The maximum absolute atomic E-state index is 15.2. The van der Waals surface area contributed by atoms with Gasteiger partial charge in [-0.2, -0.15) is 10.2 Å². The van der Waals surface area contributed by atoms with E-state index in [9.17, 15) is 14.4 Å². The van der Waals surface area contributed by atoms with Crippen LogP contribution in [-0.4, -0.2) is 62.7 Å². The number of para-hydroxylation sites is 1. The van der Waals surface area contributed by atoms with Crippen molar-refractivity contribution in [1.82, 2.24) is 25.0 Å². The number of anilines is 1. The van der Waals surface area contributed by atoms with Crippen molar-refractivity contribution in [3.8, 4) is 11.1 Å². The Kier molecular flexibility index (Phi) is 6.94. The van der Waals surface area contributed by atoms with Gasteiger partial charge in [-0.25, -0.2) is 4.39 Å². The summed E-state index contributed by atoms with van der Waals surface area (Å²) in [6, 6.07) is 15.5. The summed E-state index contributed by atoms with van der Waals surface area (Å²) in [4.78, 5) is 43.6. The molecular formula is C30H28ClFN6O3. The van der Waals surface area contributed by atoms with Gasteiger partial charge in [-0.3, -0.25) is 14.4 Å². The molecule has 2 aromatic carbocycles. The third-order valence-electron chi connectivity index (χ3n) is 7.97. The second-order valence-corrected chi connectivity index (χ2v) is 10.9. The third kappa shape index (κ3) is 4.61. The first-order valence-electron chi connectivity index (χ1n) is 13.5. The summed E-state index contributed by atoms with van der Waals surface area (Å²) in [5, 5.41) is 11.9. The minimum Gasteiger partial charge on any atom is -0.341 e. The van der Waals surface area contributed by atoms with Crippen molar-refractivity contribution in [1.29, 1.82) is 0 Å². The number of aromatic nitrogens is 3. The SMILES string of the molecule is CC(=O)N1CC(F)CC1(C(=O)NC1CCCN(c2ccccc2Cl)C1=O)n1ccc2cc(-c3ccnnc3)ccc21. The number of amides is 3. The van der Waals surface area contributed by atoms with Crippen LogP contribution in [0.2, 0.25) is 5.02 Å². The molecule has 9 nitrogen and oxygen atoms in total. The molecule has 0 spiro atoms. The van der Waals surface area contributed by atoms with Crippen molar-refractivity contribution < 1.29 is 18.8 Å². The van der Waals surface area contributed by atoms with Crippen LogP contribution in [0.4, 0.5) is 10.1 Å². The second kappa shape index (κ2) is 10.6. The number of carbonyl (C=O) groups is 3. The summed E-state index contributed by atoms with van der Waals surface area (Å²) in [6.45, 7) is 1.56. The van der Waals surface area contributed by atoms with Crippen molar-refractivity contribution in [2.75, 3.05) is 18.0 Å². The Morgan fingerprint density at radius 3 is 2.68 bits per heavy atom. The zero-order valence-corrected chi connectivity index (χ0v) is 23.1. The number of likely N-dealkylation sites (tertiary alicyclic amines) is 1. The number of nitrogens with zero attached hydrogens (tertiary/aromatic N) is 5. The van der Waals surface area contributed by atoms with Crippen molar-refractivity contribution >= 4 is 45.9 Å². The van der Waals surface area contributed by atoms with E-state index in [0.717, 1.165) is 16.5 Å². The molecule has 2 aliphatic heterocycles. The van der Waals surface area contributed by atoms with Gasteiger partial charge in [0, 0.05) is 37.0 Å². The molecule has 3 unspecified atom stereocenters. The van der Waals surface area contributed by atoms with E-state index in [-0.39, 0.29) is 18.9 Å². The third-order valence-corrected chi connectivity index (χ3v) is 8.29. The Labute approximate surface area is 240 Å². The number of hydrogen-bond acceptors (Lipinski definition) is 5. The summed E-state index contributed by atoms with van der Waals surface area (Å²) >= 11 is 6.37. The molecule has 3 amide bonds. The number of carbonyl (C=O) groups excluding carboxylic acids is 3. The first-order valence-corrected chi connectivity index (χ1v) is 13.8. The number of piperidine rings is 1. The molecule has 41 heavy (non-hydrogen) atoms. The average molecular weight is 575 g/mol. The van der Waals surface area contributed by atoms with Gasteiger partial charge in [-0.05, 0) is 54.8 Å². The summed E-state index contributed by atoms with van der Waals surface area (Å²) in [5.74, 6) is -1.34. The molecule has 2 aliphatic rings. The van der Waals surface area contributed by atoms with Gasteiger partial charge in [-0.1, -0.05) is 29.8 Å². The Morgan fingerprint density at radius 1 is 1.10 bits per heavy atom. The van der Waals surface area contributed by atoms with Crippen LogP contribution < -0.4 is 10.2 Å². The molecule has 6 rings (SSSR count). The fraction of sp³-hybridized carbons (Fsp3) is 0.300. The molecule has 210 valence electrons. The van der Waals surface area contributed by atoms with Gasteiger partial charge in [0.25, 0.3) is 5.91 Å². The van der Waals surface area contributed by atoms with E-state index in [2.05, 4.69) is 15.5 Å². The Hall–Kier alpha value is -4.31. The zero-order valence-electron chi connectivity index (χ0n) is 22.3. The van der Waals surface area contributed by atoms with Gasteiger partial charge in [0.15, 0.2) is 0 Å². The fourth-order valence-corrected chi connectivity index (χ4v) is 6.31. The highest BCUT2D eigenvalue weighted by molar-refractivity contribution is 6.33. The van der Waals surface area contributed by atoms with Gasteiger partial charge in [0.2, 0.25) is 17.5 Å². The van der Waals surface area contributed by atoms with Crippen LogP contribution >= 0.6 is 11.6 Å². The van der Waals surface area contributed by atoms with E-state index in [0.29, 0.717) is 35.6 Å². The number of rotatable bonds is 5. The topological polar surface area (TPSA) is 100 Å². The minimum absolute atomic E-state index is 0.229. The average Bonchev–Trinajstić information content (AvgIpc) is 3.56. The largest absolute Gasteiger partial charge is 0.341 e. The van der Waals surface area contributed by atoms with E-state index in [1.165, 1.54) is 11.8 Å². The van der Waals surface area contributed by atoms with Gasteiger partial charge >= 0.3 is 0 Å². The summed E-state index contributed by atoms with van der Waals surface area (Å²) in [7, 11) is 0. The maximum atomic E-state index is 15.2. The Bertz CT molecular complexity index is 1650. The standard InChI is InChI=1S/C30H28ClFN6O3/c1-19(39)38-18-23(32)16-30(38,37-14-11-21-15-20(8-9-26(21)37)22-10-12-33-34-17-22)29(41)35-25-6-4-13-36(28(25)40)27-7-3-2-5-24(27)31/h2-3,5,7-12,14-15,17,23,25H,4,6,13,16,18H2,1H3,(H,35,41). The van der Waals surface area contributed by atoms with E-state index < -0.39 is 29.7 Å². The molecule has 2 aromatic heterocycles. The molecule has 0 aliphatic carbocycles. The van der Waals surface area contributed by atoms with E-state index in [4.69, 9.17) is 11.6 Å². The highest BCUT2D eigenvalue weighted by Gasteiger charge is 2.55. The van der Waals surface area contributed by atoms with Gasteiger partial charge in [0.1, 0.15) is 12.2 Å². The van der Waals surface area contributed by atoms with Gasteiger partial charge in [-0.15, -0.1) is 0 Å². The number of alkyl halides is 1. The van der Waals surface area contributed by atoms with Crippen LogP contribution in [0.1, 0.15) is 26.2 Å². The van der Waals surface area contributed by atoms with Crippen LogP contribution in [-0.2, 0) is 20.0 Å². The first kappa shape index (κ1) is 26.9. The molecular weight excluding hydrogens is 547 g/mol. The second-order valence-electron chi connectivity index (χ2n) is 10.4. The summed E-state index contributed by atoms with van der Waals surface area (Å²) in [5.41, 5.74) is 1.29. The predicted molar refractivity (Wildman–Crippen MR) is 153 cm³/mol. The summed E-state index contributed by atoms with van der Waals surface area (Å²) < 4.78 is 16.8. The molecule has 2 saturated heterocycles. The predicted octanol–water partition coefficient (Wildman–Crippen LogP) is 4.31. The molecule has 0 radical (unpaired) electrons. The number of fused-ring (bicyclic) bond motifs is 1. The lowest BCUT2D eigenvalue weighted by molar-refractivity contribution is -0.151. The first-order chi connectivity index (χ1) is 19.8. The van der Waals surface area contributed by atoms with E-state index in [1.54, 1.807) is 52.3 Å². The highest BCUT2D eigenvalue weighted by Crippen LogP contribution is 2.40. The van der Waals surface area contributed by atoms with E-state index >= 15 is 4.39 Å². The van der Waals surface area contributed by atoms with Crippen LogP contribution in [0, 0.1) is 0 Å². The van der Waals surface area contributed by atoms with E-state index in [1.807, 2.05) is 30.3 Å². The van der Waals surface area contributed by atoms with Crippen LogP contribution in [0.25, 0.3) is 22.0 Å². The summed E-state index contributed by atoms with van der Waals surface area (Å²) in [6.07, 6.45) is 4.34. The molecule has 1 N–H and O–H groups in total. The van der Waals surface area contributed by atoms with Crippen molar-refractivity contribution in [2.45, 2.75) is 44.1 Å². The molecule has 0 bridgehead atoms. The quantitative estimate of drug-likeness (QED) is 0.383. The van der Waals surface area contributed by atoms with Crippen molar-refractivity contribution in [3.05, 3.63) is 78.2 Å². The molecule has 0 saturated carbocycles. The lowest BCUT2D eigenvalue weighted by Crippen LogP contribution is -2.62. The molecule has 4 heterocycles. The number of hydrogen-bond donors (Lipinski definition) is 1.